The Morgan fingerprint density at radius 2 is 1.77 bits per heavy atom. The minimum absolute atomic E-state index is 0.351. The summed E-state index contributed by atoms with van der Waals surface area (Å²) in [4.78, 5) is 4.54. The lowest BCUT2D eigenvalue weighted by Crippen LogP contribution is -2.37. The molecule has 1 aliphatic heterocycles. The SMILES string of the molecule is Cc1ccc(OC[C@]2(O)CCCN(Cc3ccc(OCCN(C)C)cc3)CC2)c(C)c1. The summed E-state index contributed by atoms with van der Waals surface area (Å²) in [5, 5.41) is 11.1. The van der Waals surface area contributed by atoms with Crippen LogP contribution in [0, 0.1) is 13.8 Å². The molecule has 0 bridgehead atoms. The van der Waals surface area contributed by atoms with Gasteiger partial charge < -0.3 is 19.5 Å². The number of likely N-dealkylation sites (N-methyl/N-ethyl adjacent to an activating group) is 1. The van der Waals surface area contributed by atoms with Crippen molar-refractivity contribution in [3.63, 3.8) is 0 Å². The van der Waals surface area contributed by atoms with Crippen LogP contribution in [0.3, 0.4) is 0 Å². The van der Waals surface area contributed by atoms with E-state index in [-0.39, 0.29) is 0 Å². The number of rotatable bonds is 9. The molecule has 2 aromatic carbocycles. The van der Waals surface area contributed by atoms with Crippen molar-refractivity contribution in [3.8, 4) is 11.5 Å². The molecule has 0 amide bonds. The minimum Gasteiger partial charge on any atom is -0.492 e. The van der Waals surface area contributed by atoms with Crippen molar-refractivity contribution in [3.05, 3.63) is 59.2 Å². The summed E-state index contributed by atoms with van der Waals surface area (Å²) in [5.41, 5.74) is 2.85. The number of benzene rings is 2. The van der Waals surface area contributed by atoms with Crippen LogP contribution in [0.5, 0.6) is 11.5 Å². The number of nitrogens with zero attached hydrogens (tertiary/aromatic N) is 2. The summed E-state index contributed by atoms with van der Waals surface area (Å²) < 4.78 is 11.8. The number of hydrogen-bond acceptors (Lipinski definition) is 5. The van der Waals surface area contributed by atoms with Crippen LogP contribution in [-0.4, -0.2) is 67.5 Å². The van der Waals surface area contributed by atoms with Gasteiger partial charge in [-0.1, -0.05) is 29.8 Å². The Hall–Kier alpha value is -2.08. The Balaban J connectivity index is 1.47. The molecule has 1 atom stereocenters. The van der Waals surface area contributed by atoms with Gasteiger partial charge in [-0.2, -0.15) is 0 Å². The fourth-order valence-electron chi connectivity index (χ4n) is 4.01. The summed E-state index contributed by atoms with van der Waals surface area (Å²) >= 11 is 0. The maximum Gasteiger partial charge on any atom is 0.122 e. The topological polar surface area (TPSA) is 45.2 Å². The van der Waals surface area contributed by atoms with Crippen molar-refractivity contribution in [2.24, 2.45) is 0 Å². The summed E-state index contributed by atoms with van der Waals surface area (Å²) in [7, 11) is 4.09. The van der Waals surface area contributed by atoms with Gasteiger partial charge in [0, 0.05) is 19.6 Å². The lowest BCUT2D eigenvalue weighted by molar-refractivity contribution is -0.0170. The Labute approximate surface area is 187 Å². The largest absolute Gasteiger partial charge is 0.492 e. The van der Waals surface area contributed by atoms with Crippen LogP contribution in [0.15, 0.2) is 42.5 Å². The van der Waals surface area contributed by atoms with Gasteiger partial charge in [0.15, 0.2) is 0 Å². The molecule has 1 N–H and O–H groups in total. The van der Waals surface area contributed by atoms with Gasteiger partial charge in [0.05, 0.1) is 5.60 Å². The highest BCUT2D eigenvalue weighted by Crippen LogP contribution is 2.26. The molecule has 1 saturated heterocycles. The molecule has 0 aliphatic carbocycles. The number of ether oxygens (including phenoxy) is 2. The number of aliphatic hydroxyl groups is 1. The zero-order chi connectivity index (χ0) is 22.3. The van der Waals surface area contributed by atoms with Crippen LogP contribution >= 0.6 is 0 Å². The fourth-order valence-corrected chi connectivity index (χ4v) is 4.01. The van der Waals surface area contributed by atoms with Crippen molar-refractivity contribution in [1.82, 2.24) is 9.80 Å². The standard InChI is InChI=1S/C26H38N2O3/c1-21-6-11-25(22(2)18-21)31-20-26(29)12-5-14-28(15-13-26)19-23-7-9-24(10-8-23)30-17-16-27(3)4/h6-11,18,29H,5,12-17,19-20H2,1-4H3/t26-/m0/s1. The van der Waals surface area contributed by atoms with Gasteiger partial charge in [0.25, 0.3) is 0 Å². The lowest BCUT2D eigenvalue weighted by atomic mass is 9.96. The van der Waals surface area contributed by atoms with Crippen LogP contribution in [0.4, 0.5) is 0 Å². The first-order chi connectivity index (χ1) is 14.8. The highest BCUT2D eigenvalue weighted by molar-refractivity contribution is 5.35. The summed E-state index contributed by atoms with van der Waals surface area (Å²) in [6.45, 7) is 8.85. The van der Waals surface area contributed by atoms with Gasteiger partial charge in [-0.25, -0.2) is 0 Å². The third kappa shape index (κ3) is 7.53. The number of aryl methyl sites for hydroxylation is 2. The van der Waals surface area contributed by atoms with E-state index < -0.39 is 5.60 Å². The van der Waals surface area contributed by atoms with Crippen LogP contribution < -0.4 is 9.47 Å². The van der Waals surface area contributed by atoms with Crippen molar-refractivity contribution in [2.75, 3.05) is 46.9 Å². The van der Waals surface area contributed by atoms with Gasteiger partial charge in [-0.05, 0) is 83.1 Å². The van der Waals surface area contributed by atoms with Crippen molar-refractivity contribution in [1.29, 1.82) is 0 Å². The van der Waals surface area contributed by atoms with Gasteiger partial charge in [-0.3, -0.25) is 4.90 Å². The average Bonchev–Trinajstić information content (AvgIpc) is 2.90. The van der Waals surface area contributed by atoms with E-state index in [0.717, 1.165) is 62.5 Å². The molecule has 0 aromatic heterocycles. The zero-order valence-electron chi connectivity index (χ0n) is 19.6. The molecule has 1 aliphatic rings. The molecular formula is C26H38N2O3. The zero-order valence-corrected chi connectivity index (χ0v) is 19.6. The molecule has 0 radical (unpaired) electrons. The predicted octanol–water partition coefficient (Wildman–Crippen LogP) is 4.04. The van der Waals surface area contributed by atoms with E-state index >= 15 is 0 Å². The molecule has 2 aromatic rings. The first-order valence-corrected chi connectivity index (χ1v) is 11.3. The summed E-state index contributed by atoms with van der Waals surface area (Å²) in [5.74, 6) is 1.78. The first kappa shape index (κ1) is 23.6. The monoisotopic (exact) mass is 426 g/mol. The number of likely N-dealkylation sites (tertiary alicyclic amines) is 1. The van der Waals surface area contributed by atoms with Gasteiger partial charge >= 0.3 is 0 Å². The van der Waals surface area contributed by atoms with Crippen LogP contribution in [0.1, 0.15) is 36.0 Å². The van der Waals surface area contributed by atoms with Crippen molar-refractivity contribution in [2.45, 2.75) is 45.3 Å². The molecule has 3 rings (SSSR count). The van der Waals surface area contributed by atoms with E-state index in [0.29, 0.717) is 13.2 Å². The van der Waals surface area contributed by atoms with Gasteiger partial charge in [-0.15, -0.1) is 0 Å². The summed E-state index contributed by atoms with van der Waals surface area (Å²) in [6.07, 6.45) is 2.47. The summed E-state index contributed by atoms with van der Waals surface area (Å²) in [6, 6.07) is 14.6. The third-order valence-electron chi connectivity index (χ3n) is 5.97. The van der Waals surface area contributed by atoms with E-state index in [4.69, 9.17) is 9.47 Å². The van der Waals surface area contributed by atoms with E-state index in [9.17, 15) is 5.11 Å². The Morgan fingerprint density at radius 1 is 1.00 bits per heavy atom. The Bertz CT molecular complexity index is 822. The second-order valence-corrected chi connectivity index (χ2v) is 9.21. The van der Waals surface area contributed by atoms with Crippen LogP contribution in [0.25, 0.3) is 0 Å². The molecule has 1 heterocycles. The molecule has 0 saturated carbocycles. The first-order valence-electron chi connectivity index (χ1n) is 11.3. The molecule has 5 nitrogen and oxygen atoms in total. The van der Waals surface area contributed by atoms with Crippen LogP contribution in [0.2, 0.25) is 0 Å². The molecule has 31 heavy (non-hydrogen) atoms. The second kappa shape index (κ2) is 11.0. The molecule has 1 fully saturated rings. The van der Waals surface area contributed by atoms with Crippen molar-refractivity contribution < 1.29 is 14.6 Å². The van der Waals surface area contributed by atoms with Crippen molar-refractivity contribution >= 4 is 0 Å². The molecule has 170 valence electrons. The molecule has 5 heteroatoms. The quantitative estimate of drug-likeness (QED) is 0.656. The maximum atomic E-state index is 11.1. The minimum atomic E-state index is -0.768. The molecule has 0 unspecified atom stereocenters. The fraction of sp³-hybridized carbons (Fsp3) is 0.538. The normalized spacial score (nSPS) is 19.9. The van der Waals surface area contributed by atoms with Gasteiger partial charge in [0.2, 0.25) is 0 Å². The van der Waals surface area contributed by atoms with E-state index in [1.54, 1.807) is 0 Å². The Morgan fingerprint density at radius 3 is 2.48 bits per heavy atom. The van der Waals surface area contributed by atoms with Crippen LogP contribution in [-0.2, 0) is 6.54 Å². The smallest absolute Gasteiger partial charge is 0.122 e. The third-order valence-corrected chi connectivity index (χ3v) is 5.97. The maximum absolute atomic E-state index is 11.1. The van der Waals surface area contributed by atoms with E-state index in [1.807, 2.05) is 20.2 Å². The molecular weight excluding hydrogens is 388 g/mol. The lowest BCUT2D eigenvalue weighted by Gasteiger charge is -2.27. The van der Waals surface area contributed by atoms with E-state index in [2.05, 4.69) is 60.0 Å². The van der Waals surface area contributed by atoms with Gasteiger partial charge in [0.1, 0.15) is 24.7 Å². The predicted molar refractivity (Wildman–Crippen MR) is 126 cm³/mol. The number of hydrogen-bond donors (Lipinski definition) is 1. The Kier molecular flexibility index (Phi) is 8.35. The highest BCUT2D eigenvalue weighted by atomic mass is 16.5. The highest BCUT2D eigenvalue weighted by Gasteiger charge is 2.31. The average molecular weight is 427 g/mol. The van der Waals surface area contributed by atoms with E-state index in [1.165, 1.54) is 11.1 Å². The second-order valence-electron chi connectivity index (χ2n) is 9.21. The molecule has 0 spiro atoms.